The number of hydrogen-bond donors (Lipinski definition) is 2. The fraction of sp³-hybridized carbons (Fsp3) is 0.350. The van der Waals surface area contributed by atoms with E-state index >= 15 is 0 Å². The van der Waals surface area contributed by atoms with E-state index in [1.165, 1.54) is 22.8 Å². The van der Waals surface area contributed by atoms with Gasteiger partial charge in [-0.05, 0) is 43.9 Å². The minimum atomic E-state index is -0.543. The molecule has 1 aliphatic rings. The number of pyridine rings is 1. The second-order valence-electron chi connectivity index (χ2n) is 7.03. The lowest BCUT2D eigenvalue weighted by Gasteiger charge is -2.26. The topological polar surface area (TPSA) is 89.3 Å². The molecule has 4 rings (SSSR count). The van der Waals surface area contributed by atoms with E-state index in [1.807, 2.05) is 0 Å². The van der Waals surface area contributed by atoms with Gasteiger partial charge >= 0.3 is 0 Å². The zero-order valence-electron chi connectivity index (χ0n) is 15.4. The number of nitrogens with one attached hydrogen (secondary N) is 1. The first-order valence-corrected chi connectivity index (χ1v) is 9.25. The molecule has 1 aliphatic carbocycles. The van der Waals surface area contributed by atoms with Crippen LogP contribution < -0.4 is 15.6 Å². The molecule has 1 fully saturated rings. The number of rotatable bonds is 4. The minimum absolute atomic E-state index is 0.00526. The van der Waals surface area contributed by atoms with Crippen LogP contribution in [0.25, 0.3) is 11.0 Å². The van der Waals surface area contributed by atoms with Crippen LogP contribution in [0.5, 0.6) is 11.5 Å². The van der Waals surface area contributed by atoms with Crippen molar-refractivity contribution in [3.63, 3.8) is 0 Å². The van der Waals surface area contributed by atoms with Gasteiger partial charge in [-0.25, -0.2) is 9.37 Å². The molecule has 0 radical (unpaired) electrons. The van der Waals surface area contributed by atoms with Gasteiger partial charge in [-0.2, -0.15) is 4.98 Å². The maximum atomic E-state index is 13.8. The van der Waals surface area contributed by atoms with Crippen molar-refractivity contribution in [2.75, 3.05) is 5.32 Å². The zero-order valence-corrected chi connectivity index (χ0v) is 15.4. The molecule has 2 N–H and O–H groups in total. The Morgan fingerprint density at radius 3 is 2.71 bits per heavy atom. The molecule has 0 aliphatic heterocycles. The summed E-state index contributed by atoms with van der Waals surface area (Å²) in [6, 6.07) is 7.63. The van der Waals surface area contributed by atoms with E-state index in [9.17, 15) is 14.3 Å². The van der Waals surface area contributed by atoms with Gasteiger partial charge in [0.1, 0.15) is 5.65 Å². The highest BCUT2D eigenvalue weighted by molar-refractivity contribution is 5.76. The molecule has 3 aromatic rings. The van der Waals surface area contributed by atoms with Crippen molar-refractivity contribution in [1.29, 1.82) is 0 Å². The van der Waals surface area contributed by atoms with Crippen LogP contribution in [0.4, 0.5) is 10.3 Å². The van der Waals surface area contributed by atoms with Gasteiger partial charge in [-0.1, -0.05) is 12.1 Å². The molecule has 0 unspecified atom stereocenters. The lowest BCUT2D eigenvalue weighted by molar-refractivity contribution is 0.126. The number of anilines is 1. The Balaban J connectivity index is 1.63. The van der Waals surface area contributed by atoms with Crippen LogP contribution in [-0.4, -0.2) is 31.8 Å². The largest absolute Gasteiger partial charge is 0.448 e. The van der Waals surface area contributed by atoms with Crippen LogP contribution in [0.1, 0.15) is 25.7 Å². The van der Waals surface area contributed by atoms with Crippen molar-refractivity contribution >= 4 is 17.0 Å². The summed E-state index contributed by atoms with van der Waals surface area (Å²) in [6.07, 6.45) is 4.56. The maximum absolute atomic E-state index is 13.8. The summed E-state index contributed by atoms with van der Waals surface area (Å²) in [4.78, 5) is 21.4. The van der Waals surface area contributed by atoms with E-state index in [4.69, 9.17) is 4.74 Å². The number of benzene rings is 1. The van der Waals surface area contributed by atoms with E-state index in [0.29, 0.717) is 17.0 Å². The second-order valence-corrected chi connectivity index (χ2v) is 7.03. The number of nitrogens with zero attached hydrogens (tertiary/aromatic N) is 3. The Labute approximate surface area is 160 Å². The molecule has 0 saturated heterocycles. The summed E-state index contributed by atoms with van der Waals surface area (Å²) in [7, 11) is 1.59. The van der Waals surface area contributed by atoms with Crippen LogP contribution in [-0.2, 0) is 7.05 Å². The van der Waals surface area contributed by atoms with E-state index in [2.05, 4.69) is 15.3 Å². The predicted molar refractivity (Wildman–Crippen MR) is 103 cm³/mol. The molecule has 0 atom stereocenters. The van der Waals surface area contributed by atoms with Gasteiger partial charge in [-0.15, -0.1) is 0 Å². The van der Waals surface area contributed by atoms with E-state index < -0.39 is 11.4 Å². The molecule has 28 heavy (non-hydrogen) atoms. The summed E-state index contributed by atoms with van der Waals surface area (Å²) in [6.45, 7) is 0. The number of fused-ring (bicyclic) bond motifs is 1. The van der Waals surface area contributed by atoms with Crippen molar-refractivity contribution in [3.8, 4) is 11.5 Å². The first kappa shape index (κ1) is 18.4. The molecular weight excluding hydrogens is 363 g/mol. The third kappa shape index (κ3) is 3.68. The van der Waals surface area contributed by atoms with Crippen molar-refractivity contribution in [3.05, 3.63) is 52.7 Å². The Hall–Kier alpha value is -3.00. The van der Waals surface area contributed by atoms with Crippen molar-refractivity contribution < 1.29 is 14.2 Å². The Bertz CT molecular complexity index is 1060. The average Bonchev–Trinajstić information content (AvgIpc) is 2.70. The van der Waals surface area contributed by atoms with Gasteiger partial charge in [0.15, 0.2) is 17.3 Å². The third-order valence-electron chi connectivity index (χ3n) is 5.00. The van der Waals surface area contributed by atoms with Gasteiger partial charge in [-0.3, -0.25) is 9.36 Å². The maximum Gasteiger partial charge on any atom is 0.294 e. The Kier molecular flexibility index (Phi) is 4.95. The van der Waals surface area contributed by atoms with E-state index in [0.717, 1.165) is 25.7 Å². The minimum Gasteiger partial charge on any atom is -0.448 e. The number of halogens is 1. The third-order valence-corrected chi connectivity index (χ3v) is 5.00. The molecule has 0 spiro atoms. The number of hydrogen-bond acceptors (Lipinski definition) is 6. The van der Waals surface area contributed by atoms with E-state index in [1.54, 1.807) is 25.4 Å². The molecule has 8 heteroatoms. The Morgan fingerprint density at radius 2 is 1.96 bits per heavy atom. The smallest absolute Gasteiger partial charge is 0.294 e. The number of aromatic nitrogens is 3. The molecule has 0 amide bonds. The first-order valence-electron chi connectivity index (χ1n) is 9.25. The quantitative estimate of drug-likeness (QED) is 0.719. The lowest BCUT2D eigenvalue weighted by atomic mass is 9.93. The fourth-order valence-corrected chi connectivity index (χ4v) is 3.41. The van der Waals surface area contributed by atoms with Crippen LogP contribution in [0, 0.1) is 5.82 Å². The first-order chi connectivity index (χ1) is 13.5. The van der Waals surface area contributed by atoms with Gasteiger partial charge in [0.05, 0.1) is 6.10 Å². The number of ether oxygens (including phenoxy) is 1. The average molecular weight is 384 g/mol. The summed E-state index contributed by atoms with van der Waals surface area (Å²) in [5.41, 5.74) is 0.0421. The molecule has 1 saturated carbocycles. The molecule has 2 aromatic heterocycles. The SMILES string of the molecule is Cn1c(=O)c(Oc2ccccc2F)cc2cnc(N[C@H]3CC[C@@H](O)CC3)nc21. The molecule has 0 bridgehead atoms. The summed E-state index contributed by atoms with van der Waals surface area (Å²) in [5.74, 6) is -0.118. The van der Waals surface area contributed by atoms with Gasteiger partial charge in [0.25, 0.3) is 5.56 Å². The molecule has 1 aromatic carbocycles. The van der Waals surface area contributed by atoms with Crippen molar-refractivity contribution in [1.82, 2.24) is 14.5 Å². The summed E-state index contributed by atoms with van der Waals surface area (Å²) < 4.78 is 20.7. The van der Waals surface area contributed by atoms with Gasteiger partial charge in [0, 0.05) is 24.7 Å². The number of aliphatic hydroxyl groups is 1. The normalized spacial score (nSPS) is 19.5. The van der Waals surface area contributed by atoms with Crippen LogP contribution in [0.2, 0.25) is 0 Å². The lowest BCUT2D eigenvalue weighted by Crippen LogP contribution is -2.29. The highest BCUT2D eigenvalue weighted by Gasteiger charge is 2.20. The standard InChI is InChI=1S/C20H21FN4O3/c1-25-18-12(10-17(19(25)27)28-16-5-3-2-4-15(16)21)11-22-20(24-18)23-13-6-8-14(26)9-7-13/h2-5,10-11,13-14,26H,6-9H2,1H3,(H,22,23,24)/t13-,14+. The number of para-hydroxylation sites is 1. The molecule has 146 valence electrons. The van der Waals surface area contributed by atoms with Crippen molar-refractivity contribution in [2.45, 2.75) is 37.8 Å². The fourth-order valence-electron chi connectivity index (χ4n) is 3.41. The van der Waals surface area contributed by atoms with Crippen LogP contribution >= 0.6 is 0 Å². The molecular formula is C20H21FN4O3. The summed E-state index contributed by atoms with van der Waals surface area (Å²) >= 11 is 0. The Morgan fingerprint density at radius 1 is 1.21 bits per heavy atom. The number of aliphatic hydroxyl groups excluding tert-OH is 1. The molecule has 2 heterocycles. The highest BCUT2D eigenvalue weighted by atomic mass is 19.1. The highest BCUT2D eigenvalue weighted by Crippen LogP contribution is 2.25. The predicted octanol–water partition coefficient (Wildman–Crippen LogP) is 2.98. The van der Waals surface area contributed by atoms with Crippen LogP contribution in [0.3, 0.4) is 0 Å². The summed E-state index contributed by atoms with van der Waals surface area (Å²) in [5, 5.41) is 13.5. The van der Waals surface area contributed by atoms with Gasteiger partial charge < -0.3 is 15.2 Å². The van der Waals surface area contributed by atoms with Gasteiger partial charge in [0.2, 0.25) is 5.95 Å². The second kappa shape index (κ2) is 7.55. The molecule has 7 nitrogen and oxygen atoms in total. The van der Waals surface area contributed by atoms with Crippen molar-refractivity contribution in [2.24, 2.45) is 7.05 Å². The van der Waals surface area contributed by atoms with E-state index in [-0.39, 0.29) is 23.6 Å². The number of aryl methyl sites for hydroxylation is 1. The van der Waals surface area contributed by atoms with Crippen LogP contribution in [0.15, 0.2) is 41.3 Å². The monoisotopic (exact) mass is 384 g/mol. The zero-order chi connectivity index (χ0) is 19.7.